The fourth-order valence-electron chi connectivity index (χ4n) is 3.05. The van der Waals surface area contributed by atoms with Crippen molar-refractivity contribution >= 4 is 28.8 Å². The first kappa shape index (κ1) is 22.0. The Hall–Kier alpha value is -3.66. The molecule has 1 unspecified atom stereocenters. The first-order chi connectivity index (χ1) is 14.7. The van der Waals surface area contributed by atoms with E-state index < -0.39 is 34.4 Å². The van der Waals surface area contributed by atoms with Crippen LogP contribution in [0.25, 0.3) is 16.6 Å². The first-order valence-electron chi connectivity index (χ1n) is 9.23. The molecule has 2 aromatic carbocycles. The number of fused-ring (bicyclic) bond motifs is 1. The van der Waals surface area contributed by atoms with Crippen molar-refractivity contribution in [3.63, 3.8) is 0 Å². The lowest BCUT2D eigenvalue weighted by Gasteiger charge is -2.16. The highest BCUT2D eigenvalue weighted by Crippen LogP contribution is 2.25. The van der Waals surface area contributed by atoms with Crippen LogP contribution < -0.4 is 16.1 Å². The summed E-state index contributed by atoms with van der Waals surface area (Å²) >= 11 is 0. The number of carboxylic acid groups (broad SMARTS) is 1. The fraction of sp³-hybridized carbons (Fsp3) is 0.190. The van der Waals surface area contributed by atoms with Crippen LogP contribution in [0.4, 0.5) is 18.9 Å². The lowest BCUT2D eigenvalue weighted by atomic mass is 10.1. The number of benzene rings is 2. The summed E-state index contributed by atoms with van der Waals surface area (Å²) in [5.74, 6) is -4.22. The van der Waals surface area contributed by atoms with E-state index in [0.29, 0.717) is 18.9 Å². The predicted octanol–water partition coefficient (Wildman–Crippen LogP) is 2.70. The molecular formula is C21H18F3N3O4. The highest BCUT2D eigenvalue weighted by atomic mass is 19.1. The number of carboxylic acids is 1. The molecule has 3 aromatic rings. The van der Waals surface area contributed by atoms with E-state index in [1.54, 1.807) is 6.92 Å². The van der Waals surface area contributed by atoms with E-state index in [2.05, 4.69) is 10.6 Å². The summed E-state index contributed by atoms with van der Waals surface area (Å²) in [6, 6.07) is 4.40. The Balaban J connectivity index is 2.14. The average molecular weight is 433 g/mol. The number of aromatic carboxylic acids is 1. The molecule has 0 bridgehead atoms. The SMILES string of the molecule is CC(C=O)NCCNc1cc2c(cc1F)c(=O)c(C(=O)O)cn2-c1ccc(F)cc1F. The van der Waals surface area contributed by atoms with E-state index in [0.717, 1.165) is 29.0 Å². The second kappa shape index (κ2) is 9.00. The number of aromatic nitrogens is 1. The number of rotatable bonds is 8. The second-order valence-corrected chi connectivity index (χ2v) is 6.80. The van der Waals surface area contributed by atoms with E-state index in [1.165, 1.54) is 6.07 Å². The summed E-state index contributed by atoms with van der Waals surface area (Å²) in [7, 11) is 0. The average Bonchev–Trinajstić information content (AvgIpc) is 2.72. The zero-order valence-electron chi connectivity index (χ0n) is 16.3. The van der Waals surface area contributed by atoms with Crippen LogP contribution in [0.1, 0.15) is 17.3 Å². The molecule has 162 valence electrons. The van der Waals surface area contributed by atoms with Crippen molar-refractivity contribution in [3.8, 4) is 5.69 Å². The highest BCUT2D eigenvalue weighted by molar-refractivity contribution is 5.94. The quantitative estimate of drug-likeness (QED) is 0.373. The molecule has 0 aliphatic carbocycles. The van der Waals surface area contributed by atoms with Crippen LogP contribution in [0.5, 0.6) is 0 Å². The van der Waals surface area contributed by atoms with Gasteiger partial charge in [-0.15, -0.1) is 0 Å². The summed E-state index contributed by atoms with van der Waals surface area (Å²) in [6.07, 6.45) is 1.63. The van der Waals surface area contributed by atoms with Crippen LogP contribution in [-0.2, 0) is 4.79 Å². The van der Waals surface area contributed by atoms with E-state index in [9.17, 15) is 32.7 Å². The molecule has 0 saturated heterocycles. The molecule has 1 heterocycles. The number of carbonyl (C=O) groups is 2. The van der Waals surface area contributed by atoms with Gasteiger partial charge in [0.25, 0.3) is 0 Å². The minimum Gasteiger partial charge on any atom is -0.477 e. The lowest BCUT2D eigenvalue weighted by Crippen LogP contribution is -2.31. The molecule has 3 N–H and O–H groups in total. The molecule has 0 amide bonds. The minimum absolute atomic E-state index is 0.0215. The Morgan fingerprint density at radius 3 is 2.55 bits per heavy atom. The molecule has 31 heavy (non-hydrogen) atoms. The Kier molecular flexibility index (Phi) is 6.40. The number of hydrogen-bond acceptors (Lipinski definition) is 5. The van der Waals surface area contributed by atoms with Crippen LogP contribution in [-0.4, -0.2) is 41.1 Å². The van der Waals surface area contributed by atoms with E-state index in [1.807, 2.05) is 0 Å². The normalized spacial score (nSPS) is 12.0. The van der Waals surface area contributed by atoms with Gasteiger partial charge in [0.15, 0.2) is 0 Å². The zero-order valence-corrected chi connectivity index (χ0v) is 16.3. The molecule has 0 spiro atoms. The zero-order chi connectivity index (χ0) is 22.7. The predicted molar refractivity (Wildman–Crippen MR) is 108 cm³/mol. The van der Waals surface area contributed by atoms with Gasteiger partial charge in [-0.25, -0.2) is 18.0 Å². The molecule has 1 aromatic heterocycles. The number of anilines is 1. The van der Waals surface area contributed by atoms with Crippen molar-refractivity contribution in [2.75, 3.05) is 18.4 Å². The third kappa shape index (κ3) is 4.58. The van der Waals surface area contributed by atoms with E-state index >= 15 is 0 Å². The van der Waals surface area contributed by atoms with Crippen molar-refractivity contribution in [2.45, 2.75) is 13.0 Å². The Morgan fingerprint density at radius 2 is 1.90 bits per heavy atom. The van der Waals surface area contributed by atoms with Crippen molar-refractivity contribution in [3.05, 3.63) is 69.8 Å². The number of hydrogen-bond donors (Lipinski definition) is 3. The molecule has 1 atom stereocenters. The van der Waals surface area contributed by atoms with Gasteiger partial charge in [-0.05, 0) is 31.2 Å². The molecule has 0 aliphatic heterocycles. The fourth-order valence-corrected chi connectivity index (χ4v) is 3.05. The smallest absolute Gasteiger partial charge is 0.341 e. The second-order valence-electron chi connectivity index (χ2n) is 6.80. The molecular weight excluding hydrogens is 415 g/mol. The topological polar surface area (TPSA) is 100 Å². The van der Waals surface area contributed by atoms with Crippen molar-refractivity contribution in [1.29, 1.82) is 0 Å². The Morgan fingerprint density at radius 1 is 1.16 bits per heavy atom. The lowest BCUT2D eigenvalue weighted by molar-refractivity contribution is -0.109. The summed E-state index contributed by atoms with van der Waals surface area (Å²) in [4.78, 5) is 34.7. The maximum absolute atomic E-state index is 14.6. The minimum atomic E-state index is -1.57. The van der Waals surface area contributed by atoms with Crippen LogP contribution in [0.2, 0.25) is 0 Å². The van der Waals surface area contributed by atoms with Gasteiger partial charge < -0.3 is 25.1 Å². The molecule has 0 aliphatic rings. The summed E-state index contributed by atoms with van der Waals surface area (Å²) in [6.45, 7) is 2.21. The van der Waals surface area contributed by atoms with Crippen LogP contribution in [0.15, 0.2) is 41.3 Å². The molecule has 0 radical (unpaired) electrons. The maximum Gasteiger partial charge on any atom is 0.341 e. The van der Waals surface area contributed by atoms with E-state index in [4.69, 9.17) is 0 Å². The van der Waals surface area contributed by atoms with Gasteiger partial charge in [0.1, 0.15) is 29.3 Å². The van der Waals surface area contributed by atoms with Gasteiger partial charge in [-0.1, -0.05) is 0 Å². The monoisotopic (exact) mass is 433 g/mol. The Labute approximate surface area is 174 Å². The van der Waals surface area contributed by atoms with Crippen molar-refractivity contribution in [1.82, 2.24) is 9.88 Å². The number of halogens is 3. The number of carbonyl (C=O) groups excluding carboxylic acids is 1. The molecule has 0 saturated carbocycles. The third-order valence-electron chi connectivity index (χ3n) is 4.60. The van der Waals surface area contributed by atoms with Crippen molar-refractivity contribution < 1.29 is 27.9 Å². The first-order valence-corrected chi connectivity index (χ1v) is 9.23. The Bertz CT molecular complexity index is 1230. The summed E-state index contributed by atoms with van der Waals surface area (Å²) in [5.41, 5.74) is -1.84. The summed E-state index contributed by atoms with van der Waals surface area (Å²) < 4.78 is 43.4. The van der Waals surface area contributed by atoms with Crippen LogP contribution in [0, 0.1) is 17.5 Å². The maximum atomic E-state index is 14.6. The van der Waals surface area contributed by atoms with Crippen LogP contribution in [0.3, 0.4) is 0 Å². The summed E-state index contributed by atoms with van der Waals surface area (Å²) in [5, 5.41) is 14.7. The largest absolute Gasteiger partial charge is 0.477 e. The highest BCUT2D eigenvalue weighted by Gasteiger charge is 2.19. The number of nitrogens with zero attached hydrogens (tertiary/aromatic N) is 1. The van der Waals surface area contributed by atoms with E-state index in [-0.39, 0.29) is 34.9 Å². The van der Waals surface area contributed by atoms with Gasteiger partial charge >= 0.3 is 5.97 Å². The number of nitrogens with one attached hydrogen (secondary N) is 2. The van der Waals surface area contributed by atoms with Crippen molar-refractivity contribution in [2.24, 2.45) is 0 Å². The van der Waals surface area contributed by atoms with Gasteiger partial charge in [0, 0.05) is 30.7 Å². The van der Waals surface area contributed by atoms with Crippen LogP contribution >= 0.6 is 0 Å². The molecule has 0 fully saturated rings. The molecule has 7 nitrogen and oxygen atoms in total. The van der Waals surface area contributed by atoms with Gasteiger partial charge in [-0.3, -0.25) is 4.79 Å². The number of aldehydes is 1. The third-order valence-corrected chi connectivity index (χ3v) is 4.60. The van der Waals surface area contributed by atoms with Gasteiger partial charge in [0.05, 0.1) is 22.9 Å². The van der Waals surface area contributed by atoms with Gasteiger partial charge in [-0.2, -0.15) is 0 Å². The molecule has 10 heteroatoms. The number of pyridine rings is 1. The standard InChI is InChI=1S/C21H18F3N3O4/c1-11(10-28)25-4-5-26-17-8-19-13(7-15(17)23)20(29)14(21(30)31)9-27(19)18-3-2-12(22)6-16(18)24/h2-3,6-11,25-26H,4-5H2,1H3,(H,30,31). The van der Waals surface area contributed by atoms with Gasteiger partial charge in [0.2, 0.25) is 5.43 Å². The molecule has 3 rings (SSSR count).